The number of hydrogen-bond donors (Lipinski definition) is 7. The fourth-order valence-corrected chi connectivity index (χ4v) is 5.06. The first-order valence-electron chi connectivity index (χ1n) is 15.1. The normalized spacial score (nSPS) is 34.8. The van der Waals surface area contributed by atoms with Gasteiger partial charge in [0.2, 0.25) is 0 Å². The third-order valence-electron chi connectivity index (χ3n) is 7.61. The maximum Gasteiger partial charge on any atom is 0.187 e. The summed E-state index contributed by atoms with van der Waals surface area (Å²) in [6, 6.07) is 0. The second kappa shape index (κ2) is 20.4. The number of unbranched alkanes of at least 4 members (excludes halogenated alkanes) is 11. The lowest BCUT2D eigenvalue weighted by Gasteiger charge is -2.45. The molecule has 0 aromatic heterocycles. The van der Waals surface area contributed by atoms with Crippen molar-refractivity contribution in [2.45, 2.75) is 145 Å². The Kier molecular flexibility index (Phi) is 18.2. The molecule has 2 fully saturated rings. The molecule has 2 saturated heterocycles. The summed E-state index contributed by atoms with van der Waals surface area (Å²) in [4.78, 5) is 0. The molecular weight excluding hydrogens is 528 g/mol. The fraction of sp³-hybridized carbons (Fsp3) is 1.00. The lowest BCUT2D eigenvalue weighted by molar-refractivity contribution is -0.359. The summed E-state index contributed by atoms with van der Waals surface area (Å²) in [5.74, 6) is 0. The van der Waals surface area contributed by atoms with E-state index in [4.69, 9.17) is 23.7 Å². The maximum absolute atomic E-state index is 10.6. The van der Waals surface area contributed by atoms with E-state index in [0.717, 1.165) is 12.8 Å². The molecule has 0 amide bonds. The molecule has 0 spiro atoms. The second-order valence-electron chi connectivity index (χ2n) is 10.9. The van der Waals surface area contributed by atoms with E-state index in [9.17, 15) is 35.7 Å². The van der Waals surface area contributed by atoms with Gasteiger partial charge in [0.15, 0.2) is 12.6 Å². The SMILES string of the molecule is CCCCCCCCCCCCCCOCCO[C@H]1O[C@H](CO)[C@@H](O[C@@H]2O[C@H](CO)[C@@H](O)[C@H](O)[C@H]2O)[C@H](O)[C@H]1O. The summed E-state index contributed by atoms with van der Waals surface area (Å²) in [5.41, 5.74) is 0. The molecule has 0 aromatic carbocycles. The van der Waals surface area contributed by atoms with E-state index in [-0.39, 0.29) is 13.2 Å². The van der Waals surface area contributed by atoms with Gasteiger partial charge in [-0.2, -0.15) is 0 Å². The Morgan fingerprint density at radius 1 is 0.525 bits per heavy atom. The minimum absolute atomic E-state index is 0.100. The second-order valence-corrected chi connectivity index (χ2v) is 10.9. The first-order chi connectivity index (χ1) is 19.3. The van der Waals surface area contributed by atoms with Crippen LogP contribution in [0.25, 0.3) is 0 Å². The van der Waals surface area contributed by atoms with Gasteiger partial charge in [0.05, 0.1) is 26.4 Å². The van der Waals surface area contributed by atoms with Crippen molar-refractivity contribution < 1.29 is 59.4 Å². The lowest BCUT2D eigenvalue weighted by Crippen LogP contribution is -2.64. The molecular formula is C28H54O12. The van der Waals surface area contributed by atoms with E-state index in [2.05, 4.69) is 6.92 Å². The van der Waals surface area contributed by atoms with Crippen molar-refractivity contribution in [2.75, 3.05) is 33.0 Å². The Morgan fingerprint density at radius 2 is 1.05 bits per heavy atom. The van der Waals surface area contributed by atoms with Crippen molar-refractivity contribution in [3.8, 4) is 0 Å². The van der Waals surface area contributed by atoms with E-state index in [1.165, 1.54) is 64.2 Å². The largest absolute Gasteiger partial charge is 0.394 e. The standard InChI is InChI=1S/C28H54O12/c1-2-3-4-5-6-7-8-9-10-11-12-13-14-36-15-16-37-27-25(35)23(33)26(20(18-30)39-27)40-28-24(34)22(32)21(31)19(17-29)38-28/h19-35H,2-18H2,1H3/t19-,20-,21-,22+,23-,24-,25-,26-,27+,28+/m1/s1. The smallest absolute Gasteiger partial charge is 0.187 e. The number of ether oxygens (including phenoxy) is 5. The van der Waals surface area contributed by atoms with Gasteiger partial charge in [0.1, 0.15) is 48.8 Å². The van der Waals surface area contributed by atoms with Gasteiger partial charge in [-0.15, -0.1) is 0 Å². The summed E-state index contributed by atoms with van der Waals surface area (Å²) >= 11 is 0. The molecule has 2 rings (SSSR count). The zero-order chi connectivity index (χ0) is 29.3. The van der Waals surface area contributed by atoms with Crippen LogP contribution in [0.4, 0.5) is 0 Å². The summed E-state index contributed by atoms with van der Waals surface area (Å²) in [5, 5.41) is 70.3. The Labute approximate surface area is 238 Å². The predicted octanol–water partition coefficient (Wildman–Crippen LogP) is 0.345. The van der Waals surface area contributed by atoms with Crippen LogP contribution in [-0.2, 0) is 23.7 Å². The molecule has 0 aromatic rings. The number of rotatable bonds is 21. The number of aliphatic hydroxyl groups is 7. The van der Waals surface area contributed by atoms with Crippen LogP contribution >= 0.6 is 0 Å². The lowest BCUT2D eigenvalue weighted by atomic mass is 9.97. The molecule has 0 aliphatic carbocycles. The molecule has 0 unspecified atom stereocenters. The van der Waals surface area contributed by atoms with Gasteiger partial charge in [-0.05, 0) is 6.42 Å². The van der Waals surface area contributed by atoms with Gasteiger partial charge in [-0.1, -0.05) is 77.6 Å². The van der Waals surface area contributed by atoms with Gasteiger partial charge >= 0.3 is 0 Å². The molecule has 238 valence electrons. The van der Waals surface area contributed by atoms with Crippen molar-refractivity contribution in [3.05, 3.63) is 0 Å². The van der Waals surface area contributed by atoms with Gasteiger partial charge in [-0.25, -0.2) is 0 Å². The molecule has 0 saturated carbocycles. The van der Waals surface area contributed by atoms with Crippen molar-refractivity contribution in [1.29, 1.82) is 0 Å². The maximum atomic E-state index is 10.6. The highest BCUT2D eigenvalue weighted by Crippen LogP contribution is 2.29. The van der Waals surface area contributed by atoms with E-state index < -0.39 is 74.6 Å². The predicted molar refractivity (Wildman–Crippen MR) is 144 cm³/mol. The monoisotopic (exact) mass is 582 g/mol. The van der Waals surface area contributed by atoms with Gasteiger partial charge < -0.3 is 59.4 Å². The highest BCUT2D eigenvalue weighted by atomic mass is 16.7. The summed E-state index contributed by atoms with van der Waals surface area (Å²) in [6.07, 6.45) is 0.562. The van der Waals surface area contributed by atoms with Crippen molar-refractivity contribution in [3.63, 3.8) is 0 Å². The first kappa shape index (κ1) is 35.7. The summed E-state index contributed by atoms with van der Waals surface area (Å²) in [7, 11) is 0. The zero-order valence-electron chi connectivity index (χ0n) is 24.0. The molecule has 0 radical (unpaired) electrons. The van der Waals surface area contributed by atoms with Gasteiger partial charge in [0, 0.05) is 6.61 Å². The van der Waals surface area contributed by atoms with Crippen molar-refractivity contribution in [1.82, 2.24) is 0 Å². The average molecular weight is 583 g/mol. The third kappa shape index (κ3) is 11.7. The highest BCUT2D eigenvalue weighted by Gasteiger charge is 2.50. The Balaban J connectivity index is 1.59. The van der Waals surface area contributed by atoms with Crippen LogP contribution in [-0.4, -0.2) is 130 Å². The molecule has 0 bridgehead atoms. The highest BCUT2D eigenvalue weighted by molar-refractivity contribution is 4.94. The fourth-order valence-electron chi connectivity index (χ4n) is 5.06. The van der Waals surface area contributed by atoms with Crippen LogP contribution in [0.5, 0.6) is 0 Å². The minimum Gasteiger partial charge on any atom is -0.394 e. The van der Waals surface area contributed by atoms with E-state index in [0.29, 0.717) is 6.61 Å². The topological polar surface area (TPSA) is 188 Å². The first-order valence-corrected chi connectivity index (χ1v) is 15.1. The zero-order valence-corrected chi connectivity index (χ0v) is 24.0. The van der Waals surface area contributed by atoms with E-state index in [1.54, 1.807) is 0 Å². The van der Waals surface area contributed by atoms with E-state index in [1.807, 2.05) is 0 Å². The van der Waals surface area contributed by atoms with E-state index >= 15 is 0 Å². The summed E-state index contributed by atoms with van der Waals surface area (Å²) in [6.45, 7) is 1.95. The minimum atomic E-state index is -1.71. The van der Waals surface area contributed by atoms with Crippen molar-refractivity contribution in [2.24, 2.45) is 0 Å². The van der Waals surface area contributed by atoms with Crippen LogP contribution in [0.1, 0.15) is 84.0 Å². The molecule has 2 aliphatic heterocycles. The third-order valence-corrected chi connectivity index (χ3v) is 7.61. The molecule has 2 heterocycles. The van der Waals surface area contributed by atoms with Crippen molar-refractivity contribution >= 4 is 0 Å². The molecule has 12 nitrogen and oxygen atoms in total. The molecule has 12 heteroatoms. The van der Waals surface area contributed by atoms with Crippen LogP contribution in [0.2, 0.25) is 0 Å². The molecule has 10 atom stereocenters. The Bertz CT molecular complexity index is 624. The Hall–Kier alpha value is -0.480. The van der Waals surface area contributed by atoms with Gasteiger partial charge in [0.25, 0.3) is 0 Å². The average Bonchev–Trinajstić information content (AvgIpc) is 2.96. The quantitative estimate of drug-likeness (QED) is 0.0922. The number of aliphatic hydroxyl groups excluding tert-OH is 7. The molecule has 2 aliphatic rings. The summed E-state index contributed by atoms with van der Waals surface area (Å²) < 4.78 is 27.5. The van der Waals surface area contributed by atoms with Crippen LogP contribution in [0.3, 0.4) is 0 Å². The van der Waals surface area contributed by atoms with Gasteiger partial charge in [-0.3, -0.25) is 0 Å². The van der Waals surface area contributed by atoms with Crippen LogP contribution in [0.15, 0.2) is 0 Å². The number of hydrogen-bond acceptors (Lipinski definition) is 12. The van der Waals surface area contributed by atoms with Crippen LogP contribution in [0, 0.1) is 0 Å². The Morgan fingerprint density at radius 3 is 1.62 bits per heavy atom. The molecule has 7 N–H and O–H groups in total. The van der Waals surface area contributed by atoms with Crippen LogP contribution < -0.4 is 0 Å². The molecule has 40 heavy (non-hydrogen) atoms.